The van der Waals surface area contributed by atoms with Gasteiger partial charge in [-0.05, 0) is 43.9 Å². The molecule has 1 atom stereocenters. The molecular formula is C14H28N2O. The molecule has 3 heteroatoms. The average Bonchev–Trinajstić information content (AvgIpc) is 3.06. The summed E-state index contributed by atoms with van der Waals surface area (Å²) >= 11 is 0. The summed E-state index contributed by atoms with van der Waals surface area (Å²) in [6.45, 7) is 10.3. The normalized spacial score (nSPS) is 19.1. The molecule has 1 aliphatic rings. The molecule has 1 fully saturated rings. The zero-order valence-corrected chi connectivity index (χ0v) is 11.8. The molecule has 1 unspecified atom stereocenters. The van der Waals surface area contributed by atoms with Crippen molar-refractivity contribution in [1.29, 1.82) is 0 Å². The third-order valence-corrected chi connectivity index (χ3v) is 3.90. The maximum atomic E-state index is 11.8. The first-order chi connectivity index (χ1) is 7.99. The van der Waals surface area contributed by atoms with Crippen LogP contribution in [0.3, 0.4) is 0 Å². The highest BCUT2D eigenvalue weighted by Crippen LogP contribution is 2.47. The van der Waals surface area contributed by atoms with E-state index in [0.29, 0.717) is 11.3 Å². The van der Waals surface area contributed by atoms with Crippen LogP contribution < -0.4 is 10.6 Å². The van der Waals surface area contributed by atoms with Crippen LogP contribution >= 0.6 is 0 Å². The molecular weight excluding hydrogens is 212 g/mol. The van der Waals surface area contributed by atoms with Gasteiger partial charge in [0.25, 0.3) is 0 Å². The van der Waals surface area contributed by atoms with Gasteiger partial charge in [0.15, 0.2) is 0 Å². The van der Waals surface area contributed by atoms with Crippen LogP contribution in [0.2, 0.25) is 0 Å². The third-order valence-electron chi connectivity index (χ3n) is 3.90. The van der Waals surface area contributed by atoms with Gasteiger partial charge in [0.05, 0.1) is 6.04 Å². The highest BCUT2D eigenvalue weighted by Gasteiger charge is 2.40. The van der Waals surface area contributed by atoms with Gasteiger partial charge < -0.3 is 10.6 Å². The Labute approximate surface area is 106 Å². The first-order valence-corrected chi connectivity index (χ1v) is 7.00. The Bertz CT molecular complexity index is 247. The predicted molar refractivity (Wildman–Crippen MR) is 71.9 cm³/mol. The lowest BCUT2D eigenvalue weighted by atomic mass is 10.0. The zero-order valence-electron chi connectivity index (χ0n) is 11.8. The monoisotopic (exact) mass is 240 g/mol. The Morgan fingerprint density at radius 1 is 1.29 bits per heavy atom. The van der Waals surface area contributed by atoms with Crippen molar-refractivity contribution in [1.82, 2.24) is 10.6 Å². The van der Waals surface area contributed by atoms with Gasteiger partial charge in [-0.1, -0.05) is 20.8 Å². The maximum absolute atomic E-state index is 11.8. The van der Waals surface area contributed by atoms with Gasteiger partial charge in [-0.25, -0.2) is 0 Å². The molecule has 0 aromatic rings. The smallest absolute Gasteiger partial charge is 0.236 e. The molecule has 0 aliphatic heterocycles. The van der Waals surface area contributed by atoms with E-state index in [0.717, 1.165) is 19.5 Å². The molecule has 0 bridgehead atoms. The van der Waals surface area contributed by atoms with Crippen LogP contribution in [-0.2, 0) is 4.79 Å². The number of amides is 1. The van der Waals surface area contributed by atoms with E-state index in [-0.39, 0.29) is 11.9 Å². The summed E-state index contributed by atoms with van der Waals surface area (Å²) in [5.74, 6) is 0.783. The molecule has 0 aromatic carbocycles. The summed E-state index contributed by atoms with van der Waals surface area (Å²) in [6.07, 6.45) is 4.91. The number of hydrogen-bond donors (Lipinski definition) is 2. The number of hydrogen-bond acceptors (Lipinski definition) is 2. The molecule has 100 valence electrons. The first-order valence-electron chi connectivity index (χ1n) is 7.00. The van der Waals surface area contributed by atoms with Crippen molar-refractivity contribution in [3.05, 3.63) is 0 Å². The van der Waals surface area contributed by atoms with E-state index in [1.165, 1.54) is 19.3 Å². The Balaban J connectivity index is 2.14. The van der Waals surface area contributed by atoms with Gasteiger partial charge in [0.1, 0.15) is 0 Å². The molecule has 1 saturated carbocycles. The second kappa shape index (κ2) is 6.39. The van der Waals surface area contributed by atoms with E-state index in [4.69, 9.17) is 0 Å². The second-order valence-corrected chi connectivity index (χ2v) is 5.93. The fraction of sp³-hybridized carbons (Fsp3) is 0.929. The fourth-order valence-electron chi connectivity index (χ4n) is 1.93. The molecule has 1 amide bonds. The van der Waals surface area contributed by atoms with Gasteiger partial charge in [0, 0.05) is 13.1 Å². The van der Waals surface area contributed by atoms with Crippen molar-refractivity contribution >= 4 is 5.91 Å². The van der Waals surface area contributed by atoms with Crippen molar-refractivity contribution in [2.45, 2.75) is 59.4 Å². The first kappa shape index (κ1) is 14.5. The molecule has 0 spiro atoms. The topological polar surface area (TPSA) is 41.1 Å². The van der Waals surface area contributed by atoms with Gasteiger partial charge in [-0.15, -0.1) is 0 Å². The molecule has 17 heavy (non-hydrogen) atoms. The fourth-order valence-corrected chi connectivity index (χ4v) is 1.93. The Morgan fingerprint density at radius 3 is 2.41 bits per heavy atom. The van der Waals surface area contributed by atoms with Crippen LogP contribution in [0.25, 0.3) is 0 Å². The summed E-state index contributed by atoms with van der Waals surface area (Å²) in [4.78, 5) is 11.8. The van der Waals surface area contributed by atoms with E-state index < -0.39 is 0 Å². The Hall–Kier alpha value is -0.570. The van der Waals surface area contributed by atoms with Crippen molar-refractivity contribution in [2.24, 2.45) is 11.3 Å². The van der Waals surface area contributed by atoms with E-state index in [9.17, 15) is 4.79 Å². The average molecular weight is 240 g/mol. The highest BCUT2D eigenvalue weighted by atomic mass is 16.2. The van der Waals surface area contributed by atoms with Crippen LogP contribution in [0.5, 0.6) is 0 Å². The highest BCUT2D eigenvalue weighted by molar-refractivity contribution is 5.81. The quantitative estimate of drug-likeness (QED) is 0.683. The molecule has 0 saturated heterocycles. The van der Waals surface area contributed by atoms with Crippen LogP contribution in [0, 0.1) is 11.3 Å². The summed E-state index contributed by atoms with van der Waals surface area (Å²) in [7, 11) is 0. The predicted octanol–water partition coefficient (Wildman–Crippen LogP) is 2.32. The summed E-state index contributed by atoms with van der Waals surface area (Å²) in [5, 5.41) is 6.35. The van der Waals surface area contributed by atoms with Crippen LogP contribution in [0.4, 0.5) is 0 Å². The van der Waals surface area contributed by atoms with Gasteiger partial charge in [0.2, 0.25) is 5.91 Å². The van der Waals surface area contributed by atoms with Crippen LogP contribution in [-0.4, -0.2) is 25.0 Å². The van der Waals surface area contributed by atoms with Crippen molar-refractivity contribution < 1.29 is 4.79 Å². The molecule has 1 rings (SSSR count). The van der Waals surface area contributed by atoms with E-state index >= 15 is 0 Å². The molecule has 0 heterocycles. The minimum absolute atomic E-state index is 0.0637. The Kier molecular flexibility index (Phi) is 5.44. The number of carbonyl (C=O) groups is 1. The van der Waals surface area contributed by atoms with Gasteiger partial charge in [-0.3, -0.25) is 4.79 Å². The number of rotatable bonds is 8. The maximum Gasteiger partial charge on any atom is 0.236 e. The summed E-state index contributed by atoms with van der Waals surface area (Å²) in [5.41, 5.74) is 0.506. The standard InChI is InChI=1S/C14H28N2O/c1-5-14(7-8-14)10-16-12(4)13(17)15-9-6-11(2)3/h11-12,16H,5-10H2,1-4H3,(H,15,17). The van der Waals surface area contributed by atoms with Crippen molar-refractivity contribution in [3.63, 3.8) is 0 Å². The van der Waals surface area contributed by atoms with Crippen LogP contribution in [0.1, 0.15) is 53.4 Å². The minimum Gasteiger partial charge on any atom is -0.355 e. The lowest BCUT2D eigenvalue weighted by molar-refractivity contribution is -0.122. The molecule has 0 radical (unpaired) electrons. The van der Waals surface area contributed by atoms with Crippen molar-refractivity contribution in [3.8, 4) is 0 Å². The Morgan fingerprint density at radius 2 is 1.94 bits per heavy atom. The SMILES string of the molecule is CCC1(CNC(C)C(=O)NCCC(C)C)CC1. The molecule has 0 aromatic heterocycles. The lowest BCUT2D eigenvalue weighted by Crippen LogP contribution is -2.44. The second-order valence-electron chi connectivity index (χ2n) is 5.93. The van der Waals surface area contributed by atoms with Crippen molar-refractivity contribution in [2.75, 3.05) is 13.1 Å². The minimum atomic E-state index is -0.0637. The van der Waals surface area contributed by atoms with Gasteiger partial charge >= 0.3 is 0 Å². The lowest BCUT2D eigenvalue weighted by Gasteiger charge is -2.18. The van der Waals surface area contributed by atoms with E-state index in [2.05, 4.69) is 31.4 Å². The third kappa shape index (κ3) is 5.07. The number of carbonyl (C=O) groups excluding carboxylic acids is 1. The summed E-state index contributed by atoms with van der Waals surface area (Å²) < 4.78 is 0. The largest absolute Gasteiger partial charge is 0.355 e. The van der Waals surface area contributed by atoms with E-state index in [1.54, 1.807) is 0 Å². The zero-order chi connectivity index (χ0) is 12.9. The van der Waals surface area contributed by atoms with Crippen LogP contribution in [0.15, 0.2) is 0 Å². The number of nitrogens with one attached hydrogen (secondary N) is 2. The summed E-state index contributed by atoms with van der Waals surface area (Å²) in [6, 6.07) is -0.0637. The van der Waals surface area contributed by atoms with Gasteiger partial charge in [-0.2, -0.15) is 0 Å². The molecule has 1 aliphatic carbocycles. The van der Waals surface area contributed by atoms with E-state index in [1.807, 2.05) is 6.92 Å². The molecule has 3 nitrogen and oxygen atoms in total. The molecule has 2 N–H and O–H groups in total.